The number of alkyl halides is 1. The van der Waals surface area contributed by atoms with Gasteiger partial charge in [-0.05, 0) is 125 Å². The van der Waals surface area contributed by atoms with E-state index in [-0.39, 0.29) is 79.7 Å². The minimum Gasteiger partial charge on any atom is -0.483 e. The summed E-state index contributed by atoms with van der Waals surface area (Å²) in [5.41, 5.74) is 1.30. The number of benzene rings is 2. The Hall–Kier alpha value is -7.20. The summed E-state index contributed by atoms with van der Waals surface area (Å²) in [5, 5.41) is 28.8. The Morgan fingerprint density at radius 3 is 2.25 bits per heavy atom. The molecule has 7 aliphatic rings. The minimum atomic E-state index is -2.00. The molecule has 23 nitrogen and oxygen atoms in total. The molecule has 7 N–H and O–H groups in total. The lowest BCUT2D eigenvalue weighted by Crippen LogP contribution is -2.66. The highest BCUT2D eigenvalue weighted by Gasteiger charge is 2.54. The zero-order valence-corrected chi connectivity index (χ0v) is 56.5. The molecule has 4 aromatic rings. The third-order valence-electron chi connectivity index (χ3n) is 20.4. The van der Waals surface area contributed by atoms with Crippen LogP contribution in [0.5, 0.6) is 5.75 Å². The van der Waals surface area contributed by atoms with Gasteiger partial charge in [-0.2, -0.15) is 0 Å². The van der Waals surface area contributed by atoms with Crippen LogP contribution >= 0.6 is 11.3 Å². The van der Waals surface area contributed by atoms with Crippen molar-refractivity contribution in [2.24, 2.45) is 16.2 Å². The fraction of sp³-hybridized carbons (Fsp3) is 0.632. The molecule has 1 aliphatic carbocycles. The summed E-state index contributed by atoms with van der Waals surface area (Å²) in [6, 6.07) is 7.77. The third-order valence-corrected chi connectivity index (χ3v) is 21.3. The number of carbonyl (C=O) groups excluding carboxylic acids is 6. The number of nitrogens with one attached hydrogen (secondary N) is 6. The van der Waals surface area contributed by atoms with Crippen LogP contribution in [0.1, 0.15) is 116 Å². The molecule has 6 saturated heterocycles. The summed E-state index contributed by atoms with van der Waals surface area (Å²) in [4.78, 5) is 106. The first kappa shape index (κ1) is 69.2. The maximum absolute atomic E-state index is 15.8. The Morgan fingerprint density at radius 2 is 1.53 bits per heavy atom. The van der Waals surface area contributed by atoms with Gasteiger partial charge in [-0.3, -0.25) is 38.6 Å². The predicted molar refractivity (Wildman–Crippen MR) is 355 cm³/mol. The molecular weight excluding hydrogens is 1240 g/mol. The molecule has 8 heterocycles. The smallest absolute Gasteiger partial charge is 0.258 e. The predicted octanol–water partition coefficient (Wildman–Crippen LogP) is 4.91. The molecule has 6 amide bonds. The quantitative estimate of drug-likeness (QED) is 0.0460. The largest absolute Gasteiger partial charge is 0.483 e. The number of hydrogen-bond acceptors (Lipinski definition) is 18. The first-order valence-corrected chi connectivity index (χ1v) is 34.6. The van der Waals surface area contributed by atoms with E-state index in [1.54, 1.807) is 37.2 Å². The summed E-state index contributed by atoms with van der Waals surface area (Å²) in [5.74, 6) is -1.73. The molecule has 6 aliphatic heterocycles. The van der Waals surface area contributed by atoms with Crippen LogP contribution in [0.25, 0.3) is 10.4 Å². The van der Waals surface area contributed by atoms with Gasteiger partial charge in [0.25, 0.3) is 11.8 Å². The molecule has 1 saturated carbocycles. The molecule has 0 unspecified atom stereocenters. The number of aromatic nitrogens is 3. The first-order chi connectivity index (χ1) is 45.2. The molecule has 11 rings (SSSR count). The molecule has 95 heavy (non-hydrogen) atoms. The Kier molecular flexibility index (Phi) is 21.0. The summed E-state index contributed by atoms with van der Waals surface area (Å²) in [6.45, 7) is 20.5. The lowest BCUT2D eigenvalue weighted by Gasteiger charge is -2.48. The highest BCUT2D eigenvalue weighted by Crippen LogP contribution is 2.42. The Labute approximate surface area is 558 Å². The standard InChI is InChI=1S/C68H94F3N15O8S/c1-44-59(95-43-78-44)45-8-9-46(33-75-61(91)52-30-48(87)35-86(52)62(92)60(64(2,3)4)79-63(93)68(71)10-11-68)53(29-45)94-38-58(90)74-20-27-82-23-14-66(39-82)15-24-83(40-66)36-56(88)73-19-7-18-72-54-32-55(77-42-76-54)84-25-16-67(17-26-84)41-85(37-57(89)80-67)51-31-49(69)47(28-50(51)70)34-81-21-12-65(5,6)13-22-81/h8-9,28-29,31-32,42-43,48,52,60,87H,7,10-27,30,33-41H2,1-6H3,(H,73,88)(H,74,90)(H,75,91)(H,79,93)(H,80,89)(H,72,76,77)/t48-,52+,60-,66-/m1/s1. The van der Waals surface area contributed by atoms with E-state index >= 15 is 8.78 Å². The van der Waals surface area contributed by atoms with Crippen molar-refractivity contribution in [2.75, 3.05) is 126 Å². The maximum atomic E-state index is 15.8. The fourth-order valence-corrected chi connectivity index (χ4v) is 15.1. The van der Waals surface area contributed by atoms with Gasteiger partial charge in [0.1, 0.15) is 47.4 Å². The second-order valence-corrected chi connectivity index (χ2v) is 30.3. The molecule has 4 atom stereocenters. The lowest BCUT2D eigenvalue weighted by atomic mass is 9.82. The number of hydrogen-bond donors (Lipinski definition) is 7. The molecular formula is C68H94F3N15O8S. The van der Waals surface area contributed by atoms with Crippen molar-refractivity contribution in [1.29, 1.82) is 0 Å². The van der Waals surface area contributed by atoms with Crippen LogP contribution in [0.15, 0.2) is 48.2 Å². The number of carbonyl (C=O) groups is 6. The van der Waals surface area contributed by atoms with Gasteiger partial charge in [0.15, 0.2) is 12.3 Å². The number of likely N-dealkylation sites (tertiary alicyclic amines) is 4. The molecule has 27 heteroatoms. The zero-order valence-electron chi connectivity index (χ0n) is 55.7. The van der Waals surface area contributed by atoms with Crippen molar-refractivity contribution in [3.05, 3.63) is 76.7 Å². The molecule has 7 fully saturated rings. The number of thiazole rings is 1. The van der Waals surface area contributed by atoms with Gasteiger partial charge >= 0.3 is 0 Å². The van der Waals surface area contributed by atoms with Gasteiger partial charge in [-0.25, -0.2) is 28.1 Å². The van der Waals surface area contributed by atoms with Gasteiger partial charge in [0, 0.05) is 108 Å². The van der Waals surface area contributed by atoms with E-state index < -0.39 is 64.2 Å². The number of aliphatic hydroxyl groups excluding tert-OH is 1. The van der Waals surface area contributed by atoms with Gasteiger partial charge in [-0.1, -0.05) is 46.8 Å². The van der Waals surface area contributed by atoms with Crippen LogP contribution in [0, 0.1) is 34.8 Å². The summed E-state index contributed by atoms with van der Waals surface area (Å²) in [6.07, 6.45) is 6.52. The number of β-amino-alcohol motifs (C(OH)–C–C–N with tert-alkyl or cyclic N) is 1. The zero-order chi connectivity index (χ0) is 67.5. The van der Waals surface area contributed by atoms with Gasteiger partial charge in [0.2, 0.25) is 23.6 Å². The van der Waals surface area contributed by atoms with E-state index in [1.165, 1.54) is 34.7 Å². The maximum Gasteiger partial charge on any atom is 0.258 e. The molecule has 516 valence electrons. The number of nitrogens with zero attached hydrogens (tertiary/aromatic N) is 9. The number of rotatable bonds is 24. The summed E-state index contributed by atoms with van der Waals surface area (Å²) >= 11 is 1.46. The minimum absolute atomic E-state index is 0.0232. The van der Waals surface area contributed by atoms with Crippen molar-refractivity contribution in [2.45, 2.75) is 148 Å². The van der Waals surface area contributed by atoms with Crippen LogP contribution in [-0.4, -0.2) is 216 Å². The lowest BCUT2D eigenvalue weighted by molar-refractivity contribution is -0.145. The molecule has 2 aromatic carbocycles. The summed E-state index contributed by atoms with van der Waals surface area (Å²) in [7, 11) is 0. The highest BCUT2D eigenvalue weighted by molar-refractivity contribution is 7.13. The van der Waals surface area contributed by atoms with E-state index in [1.807, 2.05) is 25.1 Å². The number of piperidine rings is 2. The van der Waals surface area contributed by atoms with Crippen LogP contribution < -0.4 is 46.4 Å². The average molecular weight is 1340 g/mol. The number of piperazine rings is 1. The summed E-state index contributed by atoms with van der Waals surface area (Å²) < 4.78 is 52.3. The normalized spacial score (nSPS) is 23.0. The van der Waals surface area contributed by atoms with Crippen molar-refractivity contribution in [3.63, 3.8) is 0 Å². The van der Waals surface area contributed by atoms with Crippen LogP contribution in [0.2, 0.25) is 0 Å². The first-order valence-electron chi connectivity index (χ1n) is 33.7. The van der Waals surface area contributed by atoms with Gasteiger partial charge in [-0.15, -0.1) is 11.3 Å². The SMILES string of the molecule is Cc1ncsc1-c1ccc(CNC(=O)[C@@H]2C[C@@H](O)CN2C(=O)[C@@H](NC(=O)C2(F)CC2)C(C)(C)C)c(OCC(=O)NCCN2CC[C@@]3(CCN(CC(=O)NCCCNc4cc(N5CCC6(CC5)CN(c5cc(F)c(CN7CCC(C)(C)CC7)cc5F)CC(=O)N6)ncn4)C3)C2)c1. The number of aliphatic hydroxyl groups is 1. The number of aryl methyl sites for hydroxylation is 1. The number of anilines is 3. The highest BCUT2D eigenvalue weighted by atomic mass is 32.1. The van der Waals surface area contributed by atoms with Gasteiger partial charge < -0.3 is 61.3 Å². The van der Waals surface area contributed by atoms with Crippen LogP contribution in [0.3, 0.4) is 0 Å². The van der Waals surface area contributed by atoms with Crippen molar-refractivity contribution in [1.82, 2.24) is 61.1 Å². The van der Waals surface area contributed by atoms with Crippen molar-refractivity contribution in [3.8, 4) is 16.2 Å². The third kappa shape index (κ3) is 17.1. The van der Waals surface area contributed by atoms with Gasteiger partial charge in [0.05, 0.1) is 46.5 Å². The molecule has 2 aromatic heterocycles. The van der Waals surface area contributed by atoms with Crippen molar-refractivity contribution >= 4 is 64.1 Å². The number of halogens is 3. The Morgan fingerprint density at radius 1 is 0.800 bits per heavy atom. The fourth-order valence-electron chi connectivity index (χ4n) is 14.3. The van der Waals surface area contributed by atoms with Crippen LogP contribution in [0.4, 0.5) is 30.5 Å². The van der Waals surface area contributed by atoms with Crippen LogP contribution in [-0.2, 0) is 41.9 Å². The van der Waals surface area contributed by atoms with E-state index in [0.29, 0.717) is 101 Å². The van der Waals surface area contributed by atoms with E-state index in [4.69, 9.17) is 4.74 Å². The average Bonchev–Trinajstić information content (AvgIpc) is 1.12. The second kappa shape index (κ2) is 28.9. The second-order valence-electron chi connectivity index (χ2n) is 29.5. The Balaban J connectivity index is 0.578. The molecule has 0 bridgehead atoms. The monoisotopic (exact) mass is 1340 g/mol. The van der Waals surface area contributed by atoms with E-state index in [2.05, 4.69) is 80.3 Å². The molecule has 2 spiro atoms. The van der Waals surface area contributed by atoms with E-state index in [9.17, 15) is 38.3 Å². The van der Waals surface area contributed by atoms with Crippen molar-refractivity contribution < 1.29 is 51.8 Å². The topological polar surface area (TPSA) is 262 Å². The number of amides is 6. The van der Waals surface area contributed by atoms with E-state index in [0.717, 1.165) is 86.9 Å². The number of ether oxygens (including phenoxy) is 1. The molecule has 0 radical (unpaired) electrons. The Bertz CT molecular complexity index is 3460.